The Hall–Kier alpha value is -0.450. The molecule has 0 fully saturated rings. The Labute approximate surface area is 119 Å². The lowest BCUT2D eigenvalue weighted by molar-refractivity contribution is 0.0695. The van der Waals surface area contributed by atoms with E-state index in [4.69, 9.17) is 28.3 Å². The Morgan fingerprint density at radius 2 is 2.11 bits per heavy atom. The predicted molar refractivity (Wildman–Crippen MR) is 73.6 cm³/mol. The van der Waals surface area contributed by atoms with Crippen molar-refractivity contribution in [2.45, 2.75) is 29.8 Å². The molecule has 0 aliphatic rings. The van der Waals surface area contributed by atoms with Gasteiger partial charge in [-0.2, -0.15) is 0 Å². The van der Waals surface area contributed by atoms with Gasteiger partial charge in [0.05, 0.1) is 5.56 Å². The van der Waals surface area contributed by atoms with Gasteiger partial charge in [0.1, 0.15) is 0 Å². The number of carbonyl (C=O) groups is 1. The van der Waals surface area contributed by atoms with E-state index in [9.17, 15) is 9.18 Å². The van der Waals surface area contributed by atoms with E-state index in [2.05, 4.69) is 0 Å². The van der Waals surface area contributed by atoms with Gasteiger partial charge in [-0.3, -0.25) is 0 Å². The summed E-state index contributed by atoms with van der Waals surface area (Å²) in [5.74, 6) is -0.313. The first-order chi connectivity index (χ1) is 8.29. The van der Waals surface area contributed by atoms with Crippen molar-refractivity contribution < 1.29 is 14.3 Å². The number of hydrogen-bond donors (Lipinski definition) is 1. The third-order valence-electron chi connectivity index (χ3n) is 2.39. The van der Waals surface area contributed by atoms with Crippen LogP contribution >= 0.6 is 35.0 Å². The van der Waals surface area contributed by atoms with Crippen molar-refractivity contribution in [3.63, 3.8) is 0 Å². The first-order valence-corrected chi connectivity index (χ1v) is 7.10. The van der Waals surface area contributed by atoms with Gasteiger partial charge in [0.15, 0.2) is 0 Å². The summed E-state index contributed by atoms with van der Waals surface area (Å²) in [6.07, 6.45) is 0.880. The fourth-order valence-electron chi connectivity index (χ4n) is 1.54. The summed E-state index contributed by atoms with van der Waals surface area (Å²) in [4.78, 5) is 11.5. The molecule has 18 heavy (non-hydrogen) atoms. The van der Waals surface area contributed by atoms with Crippen LogP contribution in [0.15, 0.2) is 17.0 Å². The van der Waals surface area contributed by atoms with Gasteiger partial charge in [-0.25, -0.2) is 9.18 Å². The quantitative estimate of drug-likeness (QED) is 0.629. The number of hydrogen-bond acceptors (Lipinski definition) is 2. The van der Waals surface area contributed by atoms with Gasteiger partial charge < -0.3 is 5.11 Å². The summed E-state index contributed by atoms with van der Waals surface area (Å²) in [6.45, 7) is 3.61. The third-order valence-corrected chi connectivity index (χ3v) is 4.23. The third kappa shape index (κ3) is 3.53. The van der Waals surface area contributed by atoms with Gasteiger partial charge in [-0.05, 0) is 30.7 Å². The Bertz CT molecular complexity index is 458. The van der Waals surface area contributed by atoms with Crippen LogP contribution in [0.1, 0.15) is 34.8 Å². The highest BCUT2D eigenvalue weighted by Gasteiger charge is 2.30. The van der Waals surface area contributed by atoms with Crippen LogP contribution in [0.5, 0.6) is 0 Å². The minimum absolute atomic E-state index is 0.104. The molecule has 6 heteroatoms. The van der Waals surface area contributed by atoms with E-state index in [0.29, 0.717) is 10.5 Å². The van der Waals surface area contributed by atoms with Crippen LogP contribution in [-0.2, 0) is 4.59 Å². The average molecular weight is 311 g/mol. The largest absolute Gasteiger partial charge is 0.478 e. The monoisotopic (exact) mass is 310 g/mol. The molecule has 1 N–H and O–H groups in total. The Balaban J connectivity index is 3.36. The number of thioether (sulfide) groups is 1. The van der Waals surface area contributed by atoms with E-state index in [1.54, 1.807) is 6.92 Å². The van der Waals surface area contributed by atoms with Gasteiger partial charge in [0, 0.05) is 10.5 Å². The second kappa shape index (κ2) is 6.13. The molecule has 0 saturated heterocycles. The van der Waals surface area contributed by atoms with Crippen molar-refractivity contribution in [2.24, 2.45) is 0 Å². The van der Waals surface area contributed by atoms with Crippen LogP contribution in [0.4, 0.5) is 4.39 Å². The van der Waals surface area contributed by atoms with Crippen molar-refractivity contribution in [3.05, 3.63) is 28.8 Å². The fraction of sp³-hybridized carbons (Fsp3) is 0.417. The Morgan fingerprint density at radius 1 is 1.50 bits per heavy atom. The van der Waals surface area contributed by atoms with Crippen LogP contribution in [0.25, 0.3) is 0 Å². The summed E-state index contributed by atoms with van der Waals surface area (Å²) in [5, 5.41) is 9.04. The number of benzene rings is 1. The molecule has 0 aliphatic carbocycles. The van der Waals surface area contributed by atoms with Gasteiger partial charge in [-0.1, -0.05) is 36.2 Å². The summed E-state index contributed by atoms with van der Waals surface area (Å²) in [5.41, 5.74) is 0.725. The zero-order valence-electron chi connectivity index (χ0n) is 9.97. The first kappa shape index (κ1) is 15.6. The molecule has 1 aromatic rings. The van der Waals surface area contributed by atoms with Gasteiger partial charge >= 0.3 is 5.97 Å². The minimum Gasteiger partial charge on any atom is -0.478 e. The molecule has 100 valence electrons. The van der Waals surface area contributed by atoms with E-state index >= 15 is 0 Å². The SMILES string of the molecule is CCCSc1c(C(F)(Cl)Cl)ccc(C(=O)O)c1C. The van der Waals surface area contributed by atoms with Gasteiger partial charge in [-0.15, -0.1) is 11.8 Å². The lowest BCUT2D eigenvalue weighted by Gasteiger charge is -2.18. The maximum atomic E-state index is 13.7. The normalized spacial score (nSPS) is 11.6. The molecule has 0 aliphatic heterocycles. The minimum atomic E-state index is -2.52. The topological polar surface area (TPSA) is 37.3 Å². The maximum absolute atomic E-state index is 13.7. The van der Waals surface area contributed by atoms with Crippen LogP contribution < -0.4 is 0 Å². The van der Waals surface area contributed by atoms with E-state index < -0.39 is 10.6 Å². The van der Waals surface area contributed by atoms with Crippen LogP contribution in [-0.4, -0.2) is 16.8 Å². The second-order valence-electron chi connectivity index (χ2n) is 3.77. The average Bonchev–Trinajstić information content (AvgIpc) is 2.25. The summed E-state index contributed by atoms with van der Waals surface area (Å²) >= 11 is 12.3. The number of alkyl halides is 3. The molecule has 2 nitrogen and oxygen atoms in total. The van der Waals surface area contributed by atoms with Crippen molar-refractivity contribution in [1.29, 1.82) is 0 Å². The zero-order chi connectivity index (χ0) is 13.9. The number of carboxylic acid groups (broad SMARTS) is 1. The number of aromatic carboxylic acids is 1. The molecule has 1 rings (SSSR count). The lowest BCUT2D eigenvalue weighted by atomic mass is 10.1. The van der Waals surface area contributed by atoms with Crippen molar-refractivity contribution in [3.8, 4) is 0 Å². The molecule has 0 saturated carbocycles. The number of carboxylic acids is 1. The highest BCUT2D eigenvalue weighted by atomic mass is 35.5. The molecule has 0 heterocycles. The zero-order valence-corrected chi connectivity index (χ0v) is 12.3. The van der Waals surface area contributed by atoms with Gasteiger partial charge in [0.2, 0.25) is 0 Å². The molecule has 0 radical (unpaired) electrons. The Kier molecular flexibility index (Phi) is 5.32. The van der Waals surface area contributed by atoms with Crippen molar-refractivity contribution >= 4 is 40.9 Å². The highest BCUT2D eigenvalue weighted by molar-refractivity contribution is 7.99. The summed E-state index contributed by atoms with van der Waals surface area (Å²) < 4.78 is 11.2. The number of rotatable bonds is 5. The second-order valence-corrected chi connectivity index (χ2v) is 6.11. The molecular weight excluding hydrogens is 298 g/mol. The smallest absolute Gasteiger partial charge is 0.335 e. The lowest BCUT2D eigenvalue weighted by Crippen LogP contribution is -2.09. The van der Waals surface area contributed by atoms with Crippen LogP contribution in [0, 0.1) is 6.92 Å². The molecule has 1 aromatic carbocycles. The van der Waals surface area contributed by atoms with Crippen molar-refractivity contribution in [1.82, 2.24) is 0 Å². The molecule has 0 amide bonds. The van der Waals surface area contributed by atoms with E-state index in [1.807, 2.05) is 6.92 Å². The van der Waals surface area contributed by atoms with E-state index in [1.165, 1.54) is 23.9 Å². The molecule has 0 atom stereocenters. The molecule has 0 spiro atoms. The highest BCUT2D eigenvalue weighted by Crippen LogP contribution is 2.43. The molecule has 0 bridgehead atoms. The number of halogens is 3. The van der Waals surface area contributed by atoms with Crippen LogP contribution in [0.2, 0.25) is 0 Å². The van der Waals surface area contributed by atoms with E-state index in [-0.39, 0.29) is 11.1 Å². The van der Waals surface area contributed by atoms with E-state index in [0.717, 1.165) is 12.2 Å². The summed E-state index contributed by atoms with van der Waals surface area (Å²) in [6, 6.07) is 2.65. The molecule has 0 aromatic heterocycles. The predicted octanol–water partition coefficient (Wildman–Crippen LogP) is 4.75. The van der Waals surface area contributed by atoms with Gasteiger partial charge in [0.25, 0.3) is 4.59 Å². The molecular formula is C12H13Cl2FO2S. The molecule has 0 unspecified atom stereocenters. The standard InChI is InChI=1S/C12H13Cl2FO2S/c1-3-6-18-10-7(2)8(11(16)17)4-5-9(10)12(13,14)15/h4-5H,3,6H2,1-2H3,(H,16,17). The summed E-state index contributed by atoms with van der Waals surface area (Å²) in [7, 11) is 0. The van der Waals surface area contributed by atoms with Crippen molar-refractivity contribution in [2.75, 3.05) is 5.75 Å². The first-order valence-electron chi connectivity index (χ1n) is 5.36. The van der Waals surface area contributed by atoms with Crippen LogP contribution in [0.3, 0.4) is 0 Å². The maximum Gasteiger partial charge on any atom is 0.335 e. The fourth-order valence-corrected chi connectivity index (χ4v) is 3.06. The Morgan fingerprint density at radius 3 is 2.56 bits per heavy atom.